The zero-order chi connectivity index (χ0) is 19.5. The molecule has 6 rings (SSSR count). The van der Waals surface area contributed by atoms with Crippen LogP contribution in [0, 0.1) is 45.3 Å². The minimum atomic E-state index is -0.0834. The molecule has 6 fully saturated rings. The summed E-state index contributed by atoms with van der Waals surface area (Å²) in [5.74, 6) is 3.44. The van der Waals surface area contributed by atoms with Gasteiger partial charge in [-0.25, -0.2) is 0 Å². The maximum Gasteiger partial charge on any atom is 0.0615 e. The molecule has 160 valence electrons. The van der Waals surface area contributed by atoms with Gasteiger partial charge >= 0.3 is 0 Å². The van der Waals surface area contributed by atoms with Gasteiger partial charge in [-0.1, -0.05) is 27.7 Å². The minimum Gasteiger partial charge on any atom is -0.393 e. The Balaban J connectivity index is 0.00000181. The Morgan fingerprint density at radius 2 is 1.68 bits per heavy atom. The van der Waals surface area contributed by atoms with Crippen molar-refractivity contribution in [2.45, 2.75) is 117 Å². The molecule has 1 saturated heterocycles. The van der Waals surface area contributed by atoms with Gasteiger partial charge in [0.25, 0.3) is 0 Å². The van der Waals surface area contributed by atoms with Crippen molar-refractivity contribution < 1.29 is 11.3 Å². The van der Waals surface area contributed by atoms with E-state index in [0.29, 0.717) is 28.5 Å². The molecule has 2 heteroatoms. The van der Waals surface area contributed by atoms with Gasteiger partial charge in [-0.2, -0.15) is 0 Å². The summed E-state index contributed by atoms with van der Waals surface area (Å²) in [4.78, 5) is 0. The number of ether oxygens (including phenoxy) is 1. The fourth-order valence-corrected chi connectivity index (χ4v) is 10.6. The summed E-state index contributed by atoms with van der Waals surface area (Å²) in [6.45, 7) is 9.73. The maximum absolute atomic E-state index is 10.8. The van der Waals surface area contributed by atoms with Crippen LogP contribution in [0.3, 0.4) is 0 Å². The van der Waals surface area contributed by atoms with Gasteiger partial charge in [0, 0.05) is 1.43 Å². The Bertz CT molecular complexity index is 678. The summed E-state index contributed by atoms with van der Waals surface area (Å²) in [5, 5.41) is 10.8. The molecule has 0 radical (unpaired) electrons. The molecule has 1 heterocycles. The lowest BCUT2D eigenvalue weighted by Gasteiger charge is -2.59. The Hall–Kier alpha value is -0.0800. The third-order valence-corrected chi connectivity index (χ3v) is 12.1. The van der Waals surface area contributed by atoms with Crippen molar-refractivity contribution in [1.29, 1.82) is 0 Å². The van der Waals surface area contributed by atoms with Crippen molar-refractivity contribution >= 4 is 0 Å². The average molecular weight is 389 g/mol. The van der Waals surface area contributed by atoms with E-state index in [0.717, 1.165) is 30.1 Å². The second kappa shape index (κ2) is 5.58. The third-order valence-electron chi connectivity index (χ3n) is 12.1. The molecule has 0 aromatic carbocycles. The molecule has 0 aromatic heterocycles. The van der Waals surface area contributed by atoms with Crippen LogP contribution >= 0.6 is 0 Å². The first-order valence-corrected chi connectivity index (χ1v) is 12.6. The first kappa shape index (κ1) is 18.7. The van der Waals surface area contributed by atoms with Crippen molar-refractivity contribution in [2.75, 3.05) is 0 Å². The van der Waals surface area contributed by atoms with Crippen molar-refractivity contribution in [3.8, 4) is 0 Å². The highest BCUT2D eigenvalue weighted by atomic mass is 16.5. The summed E-state index contributed by atoms with van der Waals surface area (Å²) >= 11 is 0. The van der Waals surface area contributed by atoms with Gasteiger partial charge in [-0.15, -0.1) is 0 Å². The Morgan fingerprint density at radius 1 is 0.893 bits per heavy atom. The molecule has 5 aliphatic carbocycles. The molecule has 1 N–H and O–H groups in total. The monoisotopic (exact) mass is 388 g/mol. The predicted molar refractivity (Wildman–Crippen MR) is 114 cm³/mol. The summed E-state index contributed by atoms with van der Waals surface area (Å²) in [6.07, 6.45) is 15.9. The normalized spacial score (nSPS) is 61.4. The number of hydrogen-bond acceptors (Lipinski definition) is 2. The highest BCUT2D eigenvalue weighted by Gasteiger charge is 2.80. The smallest absolute Gasteiger partial charge is 0.0615 e. The van der Waals surface area contributed by atoms with Crippen LogP contribution in [0.2, 0.25) is 0 Å². The topological polar surface area (TPSA) is 29.5 Å². The van der Waals surface area contributed by atoms with E-state index < -0.39 is 0 Å². The molecule has 28 heavy (non-hydrogen) atoms. The number of rotatable bonds is 1. The van der Waals surface area contributed by atoms with Crippen LogP contribution in [-0.2, 0) is 4.74 Å². The van der Waals surface area contributed by atoms with Gasteiger partial charge in [0.15, 0.2) is 0 Å². The summed E-state index contributed by atoms with van der Waals surface area (Å²) < 4.78 is 6.66. The average Bonchev–Trinajstić information content (AvgIpc) is 3.25. The Labute approximate surface area is 173 Å². The Morgan fingerprint density at radius 3 is 2.46 bits per heavy atom. The first-order valence-electron chi connectivity index (χ1n) is 12.6. The van der Waals surface area contributed by atoms with Crippen LogP contribution in [0.25, 0.3) is 0 Å². The zero-order valence-corrected chi connectivity index (χ0v) is 18.7. The SMILES string of the molecule is CCC1CCC2C(CC3C4CCC5C(C)(C)[C@@H](O)CC[C@@]56C[C@@]46CCC23C)O1.[HH]. The van der Waals surface area contributed by atoms with Gasteiger partial charge in [0.2, 0.25) is 0 Å². The number of aliphatic hydroxyl groups is 1. The van der Waals surface area contributed by atoms with Gasteiger partial charge in [0.05, 0.1) is 18.3 Å². The van der Waals surface area contributed by atoms with Crippen LogP contribution in [0.4, 0.5) is 0 Å². The largest absolute Gasteiger partial charge is 0.393 e. The van der Waals surface area contributed by atoms with Crippen LogP contribution in [0.5, 0.6) is 0 Å². The summed E-state index contributed by atoms with van der Waals surface area (Å²) in [7, 11) is 0. The number of hydrogen-bond donors (Lipinski definition) is 1. The molecule has 10 atom stereocenters. The summed E-state index contributed by atoms with van der Waals surface area (Å²) in [6, 6.07) is 0. The molecule has 1 aliphatic heterocycles. The fourth-order valence-electron chi connectivity index (χ4n) is 10.6. The maximum atomic E-state index is 10.8. The van der Waals surface area contributed by atoms with Crippen LogP contribution in [0.15, 0.2) is 0 Å². The van der Waals surface area contributed by atoms with E-state index in [1.807, 2.05) is 0 Å². The minimum absolute atomic E-state index is 0. The van der Waals surface area contributed by atoms with Crippen molar-refractivity contribution in [1.82, 2.24) is 0 Å². The van der Waals surface area contributed by atoms with Crippen LogP contribution in [0.1, 0.15) is 99.8 Å². The first-order chi connectivity index (χ1) is 13.3. The third kappa shape index (κ3) is 1.99. The van der Waals surface area contributed by atoms with Crippen LogP contribution in [-0.4, -0.2) is 23.4 Å². The standard InChI is InChI=1S/C26H42O2.H2/c1-5-16-6-7-18-20(28-16)14-19-17-8-9-21-23(2,3)22(27)10-11-26(21)15-25(17,26)13-12-24(18,19)4;/h16-22,27H,5-15H2,1-4H3;1H/t16?,17?,18?,19?,20?,21?,22-,24?,25-,26+;/m0./s1. The molecule has 0 bridgehead atoms. The van der Waals surface area contributed by atoms with E-state index in [9.17, 15) is 5.11 Å². The van der Waals surface area contributed by atoms with E-state index in [1.54, 1.807) is 0 Å². The molecule has 0 aromatic rings. The molecule has 6 aliphatic rings. The van der Waals surface area contributed by atoms with Crippen molar-refractivity contribution in [3.63, 3.8) is 0 Å². The number of fused-ring (bicyclic) bond motifs is 4. The molecule has 2 spiro atoms. The zero-order valence-electron chi connectivity index (χ0n) is 18.7. The molecular weight excluding hydrogens is 344 g/mol. The van der Waals surface area contributed by atoms with Gasteiger partial charge in [-0.3, -0.25) is 0 Å². The van der Waals surface area contributed by atoms with Gasteiger partial charge < -0.3 is 9.84 Å². The van der Waals surface area contributed by atoms with E-state index in [2.05, 4.69) is 27.7 Å². The molecular formula is C26H44O2. The van der Waals surface area contributed by atoms with E-state index in [1.165, 1.54) is 64.2 Å². The van der Waals surface area contributed by atoms with Crippen molar-refractivity contribution in [2.24, 2.45) is 45.3 Å². The van der Waals surface area contributed by atoms with E-state index >= 15 is 0 Å². The lowest BCUT2D eigenvalue weighted by molar-refractivity contribution is -0.135. The second-order valence-electron chi connectivity index (χ2n) is 12.8. The molecule has 2 nitrogen and oxygen atoms in total. The molecule has 0 amide bonds. The lowest BCUT2D eigenvalue weighted by Crippen LogP contribution is -2.54. The second-order valence-corrected chi connectivity index (χ2v) is 12.8. The highest BCUT2D eigenvalue weighted by molar-refractivity contribution is 5.29. The highest BCUT2D eigenvalue weighted by Crippen LogP contribution is 2.87. The summed E-state index contributed by atoms with van der Waals surface area (Å²) in [5.41, 5.74) is 1.88. The Kier molecular flexibility index (Phi) is 3.72. The fraction of sp³-hybridized carbons (Fsp3) is 1.00. The quantitative estimate of drug-likeness (QED) is 0.578. The van der Waals surface area contributed by atoms with E-state index in [-0.39, 0.29) is 12.9 Å². The van der Waals surface area contributed by atoms with E-state index in [4.69, 9.17) is 4.74 Å². The predicted octanol–water partition coefficient (Wildman–Crippen LogP) is 6.21. The lowest BCUT2D eigenvalue weighted by atomic mass is 9.46. The molecule has 5 saturated carbocycles. The molecule has 7 unspecified atom stereocenters. The van der Waals surface area contributed by atoms with Gasteiger partial charge in [-0.05, 0) is 116 Å². The van der Waals surface area contributed by atoms with Crippen molar-refractivity contribution in [3.05, 3.63) is 0 Å². The van der Waals surface area contributed by atoms with Crippen LogP contribution < -0.4 is 0 Å². The number of aliphatic hydroxyl groups excluding tert-OH is 1. The van der Waals surface area contributed by atoms with Gasteiger partial charge in [0.1, 0.15) is 0 Å².